The summed E-state index contributed by atoms with van der Waals surface area (Å²) in [6.07, 6.45) is 2.59. The first kappa shape index (κ1) is 15.5. The Morgan fingerprint density at radius 3 is 2.79 bits per heavy atom. The Hall–Kier alpha value is -1.52. The molecule has 0 aliphatic carbocycles. The summed E-state index contributed by atoms with van der Waals surface area (Å²) in [4.78, 5) is 0. The number of hydrogen-bond donors (Lipinski definition) is 2. The van der Waals surface area contributed by atoms with E-state index in [4.69, 9.17) is 14.6 Å². The molecular weight excluding hydrogens is 242 g/mol. The van der Waals surface area contributed by atoms with Gasteiger partial charge in [0.1, 0.15) is 6.61 Å². The number of nitrogens with one attached hydrogen (secondary N) is 1. The lowest BCUT2D eigenvalue weighted by atomic mass is 10.1. The van der Waals surface area contributed by atoms with Crippen molar-refractivity contribution in [2.45, 2.75) is 25.9 Å². The average molecular weight is 265 g/mol. The Morgan fingerprint density at radius 1 is 1.42 bits per heavy atom. The third-order valence-corrected chi connectivity index (χ3v) is 2.89. The van der Waals surface area contributed by atoms with Crippen LogP contribution < -0.4 is 14.8 Å². The third kappa shape index (κ3) is 4.93. The van der Waals surface area contributed by atoms with Crippen molar-refractivity contribution in [3.8, 4) is 11.5 Å². The molecule has 1 aromatic rings. The minimum Gasteiger partial charge on any atom is -0.493 e. The lowest BCUT2D eigenvalue weighted by Gasteiger charge is -2.15. The maximum Gasteiger partial charge on any atom is 0.161 e. The van der Waals surface area contributed by atoms with Gasteiger partial charge in [0.05, 0.1) is 13.7 Å². The van der Waals surface area contributed by atoms with Gasteiger partial charge in [-0.1, -0.05) is 25.6 Å². The topological polar surface area (TPSA) is 50.7 Å². The van der Waals surface area contributed by atoms with Crippen LogP contribution in [0.1, 0.15) is 18.9 Å². The van der Waals surface area contributed by atoms with E-state index in [0.717, 1.165) is 12.0 Å². The molecule has 2 N–H and O–H groups in total. The summed E-state index contributed by atoms with van der Waals surface area (Å²) in [5, 5.41) is 12.4. The third-order valence-electron chi connectivity index (χ3n) is 2.89. The molecule has 4 heteroatoms. The normalized spacial score (nSPS) is 11.9. The second-order valence-electron chi connectivity index (χ2n) is 4.25. The molecule has 0 bridgehead atoms. The van der Waals surface area contributed by atoms with E-state index in [9.17, 15) is 0 Å². The van der Waals surface area contributed by atoms with Crippen molar-refractivity contribution in [1.29, 1.82) is 0 Å². The molecule has 1 rings (SSSR count). The van der Waals surface area contributed by atoms with Crippen LogP contribution in [0.2, 0.25) is 0 Å². The van der Waals surface area contributed by atoms with E-state index in [2.05, 4.69) is 11.9 Å². The first-order valence-corrected chi connectivity index (χ1v) is 6.50. The summed E-state index contributed by atoms with van der Waals surface area (Å²) in [7, 11) is 1.62. The molecule has 0 unspecified atom stereocenters. The summed E-state index contributed by atoms with van der Waals surface area (Å²) >= 11 is 0. The molecule has 0 heterocycles. The summed E-state index contributed by atoms with van der Waals surface area (Å²) in [6, 6.07) is 5.94. The fourth-order valence-electron chi connectivity index (χ4n) is 1.69. The molecule has 19 heavy (non-hydrogen) atoms. The van der Waals surface area contributed by atoms with Gasteiger partial charge in [-0.05, 0) is 24.1 Å². The van der Waals surface area contributed by atoms with E-state index in [1.807, 2.05) is 25.1 Å². The van der Waals surface area contributed by atoms with Crippen LogP contribution in [0.25, 0.3) is 0 Å². The predicted molar refractivity (Wildman–Crippen MR) is 76.7 cm³/mol. The Morgan fingerprint density at radius 2 is 2.21 bits per heavy atom. The van der Waals surface area contributed by atoms with Crippen LogP contribution in [0, 0.1) is 0 Å². The number of hydrogen-bond acceptors (Lipinski definition) is 4. The molecular formula is C15H23NO3. The van der Waals surface area contributed by atoms with Gasteiger partial charge in [0.25, 0.3) is 0 Å². The van der Waals surface area contributed by atoms with E-state index >= 15 is 0 Å². The minimum absolute atomic E-state index is 0.127. The molecule has 1 aromatic carbocycles. The zero-order chi connectivity index (χ0) is 14.1. The standard InChI is InChI=1S/C15H23NO3/c1-4-8-19-14-7-6-12(9-15(14)18-3)10-16-13(5-2)11-17/h4,6-7,9,13,16-17H,1,5,8,10-11H2,2-3H3/t13-/m0/s1. The Labute approximate surface area is 115 Å². The van der Waals surface area contributed by atoms with Gasteiger partial charge in [0, 0.05) is 12.6 Å². The molecule has 1 atom stereocenters. The largest absolute Gasteiger partial charge is 0.493 e. The first-order valence-electron chi connectivity index (χ1n) is 6.50. The number of benzene rings is 1. The Bertz CT molecular complexity index is 389. The van der Waals surface area contributed by atoms with Gasteiger partial charge in [-0.15, -0.1) is 0 Å². The van der Waals surface area contributed by atoms with Crippen molar-refractivity contribution in [2.24, 2.45) is 0 Å². The number of rotatable bonds is 9. The van der Waals surface area contributed by atoms with E-state index in [1.165, 1.54) is 0 Å². The highest BCUT2D eigenvalue weighted by molar-refractivity contribution is 5.43. The van der Waals surface area contributed by atoms with Crippen molar-refractivity contribution in [2.75, 3.05) is 20.3 Å². The fourth-order valence-corrected chi connectivity index (χ4v) is 1.69. The molecule has 4 nitrogen and oxygen atoms in total. The van der Waals surface area contributed by atoms with Crippen molar-refractivity contribution in [1.82, 2.24) is 5.32 Å². The highest BCUT2D eigenvalue weighted by Gasteiger charge is 2.07. The highest BCUT2D eigenvalue weighted by atomic mass is 16.5. The van der Waals surface area contributed by atoms with E-state index < -0.39 is 0 Å². The first-order chi connectivity index (χ1) is 9.24. The van der Waals surface area contributed by atoms with Gasteiger partial charge < -0.3 is 19.9 Å². The van der Waals surface area contributed by atoms with Crippen LogP contribution in [0.4, 0.5) is 0 Å². The summed E-state index contributed by atoms with van der Waals surface area (Å²) in [5.41, 5.74) is 1.09. The van der Waals surface area contributed by atoms with Crippen molar-refractivity contribution < 1.29 is 14.6 Å². The van der Waals surface area contributed by atoms with Crippen molar-refractivity contribution >= 4 is 0 Å². The van der Waals surface area contributed by atoms with Crippen LogP contribution in [-0.4, -0.2) is 31.5 Å². The zero-order valence-electron chi connectivity index (χ0n) is 11.7. The van der Waals surface area contributed by atoms with Crippen molar-refractivity contribution in [3.05, 3.63) is 36.4 Å². The van der Waals surface area contributed by atoms with Gasteiger partial charge in [-0.2, -0.15) is 0 Å². The van der Waals surface area contributed by atoms with Gasteiger partial charge in [0.15, 0.2) is 11.5 Å². The minimum atomic E-state index is 0.127. The van der Waals surface area contributed by atoms with Crippen LogP contribution in [0.5, 0.6) is 11.5 Å². The molecule has 0 spiro atoms. The van der Waals surface area contributed by atoms with Gasteiger partial charge in [-0.25, -0.2) is 0 Å². The SMILES string of the molecule is C=CCOc1ccc(CN[C@@H](CC)CO)cc1OC. The summed E-state index contributed by atoms with van der Waals surface area (Å²) < 4.78 is 10.8. The highest BCUT2D eigenvalue weighted by Crippen LogP contribution is 2.28. The van der Waals surface area contributed by atoms with Crippen LogP contribution in [0.15, 0.2) is 30.9 Å². The molecule has 0 aliphatic heterocycles. The van der Waals surface area contributed by atoms with E-state index in [-0.39, 0.29) is 12.6 Å². The molecule has 0 saturated heterocycles. The Balaban J connectivity index is 2.67. The quantitative estimate of drug-likeness (QED) is 0.672. The van der Waals surface area contributed by atoms with Gasteiger partial charge >= 0.3 is 0 Å². The maximum absolute atomic E-state index is 9.13. The number of methoxy groups -OCH3 is 1. The Kier molecular flexibility index (Phi) is 7.00. The van der Waals surface area contributed by atoms with Crippen LogP contribution >= 0.6 is 0 Å². The summed E-state index contributed by atoms with van der Waals surface area (Å²) in [6.45, 7) is 6.95. The lowest BCUT2D eigenvalue weighted by Crippen LogP contribution is -2.31. The molecule has 0 fully saturated rings. The lowest BCUT2D eigenvalue weighted by molar-refractivity contribution is 0.238. The fraction of sp³-hybridized carbons (Fsp3) is 0.467. The van der Waals surface area contributed by atoms with Crippen LogP contribution in [0.3, 0.4) is 0 Å². The monoisotopic (exact) mass is 265 g/mol. The molecule has 0 aliphatic rings. The van der Waals surface area contributed by atoms with Gasteiger partial charge in [-0.3, -0.25) is 0 Å². The van der Waals surface area contributed by atoms with E-state index in [0.29, 0.717) is 24.7 Å². The number of ether oxygens (including phenoxy) is 2. The second kappa shape index (κ2) is 8.56. The second-order valence-corrected chi connectivity index (χ2v) is 4.25. The summed E-state index contributed by atoms with van der Waals surface area (Å²) in [5.74, 6) is 1.42. The van der Waals surface area contributed by atoms with E-state index in [1.54, 1.807) is 13.2 Å². The average Bonchev–Trinajstić information content (AvgIpc) is 2.46. The number of aliphatic hydroxyl groups excluding tert-OH is 1. The molecule has 0 radical (unpaired) electrons. The van der Waals surface area contributed by atoms with Gasteiger partial charge in [0.2, 0.25) is 0 Å². The number of aliphatic hydroxyl groups is 1. The predicted octanol–water partition coefficient (Wildman–Crippen LogP) is 2.12. The van der Waals surface area contributed by atoms with Crippen molar-refractivity contribution in [3.63, 3.8) is 0 Å². The van der Waals surface area contributed by atoms with Crippen LogP contribution in [-0.2, 0) is 6.54 Å². The smallest absolute Gasteiger partial charge is 0.161 e. The maximum atomic E-state index is 9.13. The molecule has 0 amide bonds. The molecule has 0 aromatic heterocycles. The zero-order valence-corrected chi connectivity index (χ0v) is 11.7. The molecule has 0 saturated carbocycles. The molecule has 106 valence electrons.